The van der Waals surface area contributed by atoms with Crippen LogP contribution in [0.15, 0.2) is 54.1 Å². The van der Waals surface area contributed by atoms with E-state index < -0.39 is 63.0 Å². The number of anilines is 1. The summed E-state index contributed by atoms with van der Waals surface area (Å²) in [6.07, 6.45) is 1.72. The van der Waals surface area contributed by atoms with E-state index in [2.05, 4.69) is 15.9 Å². The first-order valence-electron chi connectivity index (χ1n) is 13.0. The molecule has 2 aliphatic heterocycles. The van der Waals surface area contributed by atoms with E-state index in [1.165, 1.54) is 43.5 Å². The number of fused-ring (bicyclic) bond motifs is 4. The highest BCUT2D eigenvalue weighted by Gasteiger charge is 2.76. The molecule has 2 heterocycles. The number of carboxylic acids is 1. The monoisotopic (exact) mass is 676 g/mol. The number of carbonyl (C=O) groups excluding carboxylic acids is 4. The van der Waals surface area contributed by atoms with E-state index in [-0.39, 0.29) is 41.0 Å². The lowest BCUT2D eigenvalue weighted by Crippen LogP contribution is -2.60. The molecule has 42 heavy (non-hydrogen) atoms. The molecular weight excluding hydrogens is 655 g/mol. The Kier molecular flexibility index (Phi) is 6.71. The summed E-state index contributed by atoms with van der Waals surface area (Å²) in [6.45, 7) is 0. The number of carbonyl (C=O) groups is 5. The number of hydrogen-bond acceptors (Lipinski definition) is 7. The van der Waals surface area contributed by atoms with Crippen LogP contribution in [0.25, 0.3) is 0 Å². The number of carboxylic acid groups (broad SMARTS) is 1. The van der Waals surface area contributed by atoms with Crippen LogP contribution in [0.3, 0.4) is 0 Å². The summed E-state index contributed by atoms with van der Waals surface area (Å²) in [4.78, 5) is 64.7. The van der Waals surface area contributed by atoms with Crippen LogP contribution in [-0.4, -0.2) is 67.0 Å². The van der Waals surface area contributed by atoms with Gasteiger partial charge in [0.25, 0.3) is 11.8 Å². The van der Waals surface area contributed by atoms with Crippen molar-refractivity contribution in [2.45, 2.75) is 28.5 Å². The second-order valence-electron chi connectivity index (χ2n) is 10.8. The average Bonchev–Trinajstić information content (AvgIpc) is 3.30. The van der Waals surface area contributed by atoms with E-state index in [9.17, 15) is 34.2 Å². The molecule has 10 nitrogen and oxygen atoms in total. The van der Waals surface area contributed by atoms with E-state index in [1.54, 1.807) is 12.1 Å². The van der Waals surface area contributed by atoms with Gasteiger partial charge in [0, 0.05) is 5.92 Å². The highest BCUT2D eigenvalue weighted by Crippen LogP contribution is 2.65. The molecule has 2 N–H and O–H groups in total. The number of phenolic OH excluding ortho intramolecular Hbond substituents is 1. The van der Waals surface area contributed by atoms with Gasteiger partial charge in [-0.15, -0.1) is 23.2 Å². The number of ether oxygens (including phenoxy) is 1. The van der Waals surface area contributed by atoms with E-state index in [0.717, 1.165) is 9.80 Å². The quantitative estimate of drug-likeness (QED) is 0.209. The molecule has 2 saturated heterocycles. The van der Waals surface area contributed by atoms with E-state index in [0.29, 0.717) is 11.1 Å². The van der Waals surface area contributed by atoms with Gasteiger partial charge < -0.3 is 14.9 Å². The number of benzene rings is 2. The van der Waals surface area contributed by atoms with Gasteiger partial charge in [-0.1, -0.05) is 39.7 Å². The van der Waals surface area contributed by atoms with Crippen molar-refractivity contribution in [2.24, 2.45) is 17.8 Å². The van der Waals surface area contributed by atoms with Crippen molar-refractivity contribution in [3.05, 3.63) is 65.2 Å². The Morgan fingerprint density at radius 2 is 1.81 bits per heavy atom. The van der Waals surface area contributed by atoms with Gasteiger partial charge in [-0.2, -0.15) is 0 Å². The van der Waals surface area contributed by atoms with Crippen molar-refractivity contribution in [1.29, 1.82) is 0 Å². The number of halogens is 3. The van der Waals surface area contributed by atoms with Crippen LogP contribution in [-0.2, 0) is 19.2 Å². The third-order valence-corrected chi connectivity index (χ3v) is 10.8. The lowest BCUT2D eigenvalue weighted by atomic mass is 9.56. The third kappa shape index (κ3) is 3.66. The molecule has 6 rings (SSSR count). The molecule has 6 atom stereocenters. The van der Waals surface area contributed by atoms with E-state index >= 15 is 0 Å². The Bertz CT molecular complexity index is 1630. The van der Waals surface area contributed by atoms with Gasteiger partial charge in [-0.25, -0.2) is 4.79 Å². The summed E-state index contributed by atoms with van der Waals surface area (Å²) >= 11 is 17.5. The van der Waals surface area contributed by atoms with Gasteiger partial charge in [-0.3, -0.25) is 29.0 Å². The number of likely N-dealkylation sites (tertiary alicyclic amines) is 1. The first kappa shape index (κ1) is 28.7. The number of hydrogen-bond donors (Lipinski definition) is 2. The van der Waals surface area contributed by atoms with Crippen molar-refractivity contribution in [2.75, 3.05) is 17.5 Å². The topological polar surface area (TPSA) is 142 Å². The molecule has 0 aromatic heterocycles. The molecule has 13 heteroatoms. The van der Waals surface area contributed by atoms with Gasteiger partial charge in [0.15, 0.2) is 21.2 Å². The summed E-state index contributed by atoms with van der Waals surface area (Å²) in [6, 6.07) is 10.0. The summed E-state index contributed by atoms with van der Waals surface area (Å²) < 4.78 is 5.17. The molecule has 1 saturated carbocycles. The Balaban J connectivity index is 1.51. The van der Waals surface area contributed by atoms with Gasteiger partial charge in [0.05, 0.1) is 35.7 Å². The van der Waals surface area contributed by atoms with E-state index in [1.807, 2.05) is 0 Å². The van der Waals surface area contributed by atoms with Crippen molar-refractivity contribution in [3.8, 4) is 11.5 Å². The molecule has 4 aliphatic rings. The molecule has 2 aromatic carbocycles. The fourth-order valence-corrected chi connectivity index (χ4v) is 8.47. The maximum absolute atomic E-state index is 14.0. The summed E-state index contributed by atoms with van der Waals surface area (Å²) in [7, 11) is 1.38. The van der Waals surface area contributed by atoms with Crippen LogP contribution < -0.4 is 9.64 Å². The molecule has 0 bridgehead atoms. The number of aromatic hydroxyl groups is 1. The second kappa shape index (κ2) is 9.82. The van der Waals surface area contributed by atoms with Gasteiger partial charge >= 0.3 is 5.97 Å². The lowest BCUT2D eigenvalue weighted by molar-refractivity contribution is -0.138. The summed E-state index contributed by atoms with van der Waals surface area (Å²) in [5.74, 6) is -7.31. The van der Waals surface area contributed by atoms with Crippen LogP contribution >= 0.6 is 39.1 Å². The van der Waals surface area contributed by atoms with Crippen LogP contribution in [0.5, 0.6) is 11.5 Å². The Labute approximate surface area is 257 Å². The molecule has 0 spiro atoms. The van der Waals surface area contributed by atoms with Gasteiger partial charge in [0.1, 0.15) is 0 Å². The number of rotatable bonds is 5. The number of nitrogens with zero attached hydrogens (tertiary/aromatic N) is 2. The molecule has 3 fully saturated rings. The van der Waals surface area contributed by atoms with Crippen LogP contribution in [0, 0.1) is 17.8 Å². The molecule has 0 radical (unpaired) electrons. The first-order valence-corrected chi connectivity index (χ1v) is 14.9. The second-order valence-corrected chi connectivity index (χ2v) is 12.5. The standard InChI is InChI=1S/C29H23BrCl2N2O8/c1-42-20-8-5-13(10-19(20)35)22-16-6-7-17-21(18(16)11-28(31)26(40)33(12-30)27(41)29(22,28)32)24(37)34(23(17)36)15-4-2-3-14(9-15)25(38)39/h2-6,8-10,17-18,21-22,35H,7,11-12H2,1H3,(H,38,39)/t17-,18+,21-,22-,28+,29-/m0/s1. The van der Waals surface area contributed by atoms with Crippen LogP contribution in [0.4, 0.5) is 5.69 Å². The number of imide groups is 2. The fourth-order valence-electron chi connectivity index (χ4n) is 7.05. The smallest absolute Gasteiger partial charge is 0.335 e. The molecule has 0 unspecified atom stereocenters. The lowest BCUT2D eigenvalue weighted by Gasteiger charge is -2.50. The number of alkyl halides is 3. The van der Waals surface area contributed by atoms with Crippen molar-refractivity contribution < 1.29 is 38.9 Å². The Morgan fingerprint density at radius 3 is 2.45 bits per heavy atom. The van der Waals surface area contributed by atoms with Gasteiger partial charge in [-0.05, 0) is 54.7 Å². The third-order valence-electron chi connectivity index (χ3n) is 8.90. The van der Waals surface area contributed by atoms with Crippen molar-refractivity contribution in [1.82, 2.24) is 4.90 Å². The number of amides is 4. The maximum atomic E-state index is 14.0. The Morgan fingerprint density at radius 1 is 1.07 bits per heavy atom. The molecule has 2 aliphatic carbocycles. The normalized spacial score (nSPS) is 32.0. The predicted molar refractivity (Wildman–Crippen MR) is 154 cm³/mol. The summed E-state index contributed by atoms with van der Waals surface area (Å²) in [5, 5.41) is 20.1. The minimum absolute atomic E-state index is 0.0876. The average molecular weight is 678 g/mol. The van der Waals surface area contributed by atoms with E-state index in [4.69, 9.17) is 27.9 Å². The number of phenols is 1. The molecule has 218 valence electrons. The highest BCUT2D eigenvalue weighted by molar-refractivity contribution is 9.09. The number of methoxy groups -OCH3 is 1. The van der Waals surface area contributed by atoms with Crippen molar-refractivity contribution in [3.63, 3.8) is 0 Å². The van der Waals surface area contributed by atoms with Crippen molar-refractivity contribution >= 4 is 74.4 Å². The predicted octanol–water partition coefficient (Wildman–Crippen LogP) is 4.01. The molecular formula is C29H23BrCl2N2O8. The SMILES string of the molecule is COc1ccc([C@H]2C3=CC[C@@H]4C(=O)N(c5cccc(C(=O)O)c5)C(=O)[C@@H]4[C@@H]3C[C@@]3(Cl)C(=O)N(CBr)C(=O)[C@@]23Cl)cc1O. The first-order chi connectivity index (χ1) is 19.9. The fraction of sp³-hybridized carbons (Fsp3) is 0.345. The minimum atomic E-state index is -2.00. The molecule has 2 aromatic rings. The number of aromatic carboxylic acids is 1. The highest BCUT2D eigenvalue weighted by atomic mass is 79.9. The van der Waals surface area contributed by atoms with Crippen LogP contribution in [0.2, 0.25) is 0 Å². The zero-order valence-corrected chi connectivity index (χ0v) is 25.0. The van der Waals surface area contributed by atoms with Gasteiger partial charge in [0.2, 0.25) is 11.8 Å². The number of allylic oxidation sites excluding steroid dienone is 2. The molecule has 4 amide bonds. The zero-order chi connectivity index (χ0) is 30.3. The van der Waals surface area contributed by atoms with Crippen LogP contribution in [0.1, 0.15) is 34.7 Å². The minimum Gasteiger partial charge on any atom is -0.504 e. The maximum Gasteiger partial charge on any atom is 0.335 e. The largest absolute Gasteiger partial charge is 0.504 e. The Hall–Kier alpha value is -3.41. The summed E-state index contributed by atoms with van der Waals surface area (Å²) in [5.41, 5.74) is 0.818. The zero-order valence-electron chi connectivity index (χ0n) is 21.9.